The molecule has 0 spiro atoms. The van der Waals surface area contributed by atoms with Gasteiger partial charge in [-0.1, -0.05) is 67.9 Å². The number of carbonyl (C=O) groups is 3. The van der Waals surface area contributed by atoms with Gasteiger partial charge in [0, 0.05) is 28.8 Å². The number of hydrogen-bond acceptors (Lipinski definition) is 5. The quantitative estimate of drug-likeness (QED) is 0.304. The Bertz CT molecular complexity index is 1390. The molecule has 7 heteroatoms. The van der Waals surface area contributed by atoms with Crippen LogP contribution in [0.25, 0.3) is 22.4 Å². The molecule has 0 aliphatic carbocycles. The summed E-state index contributed by atoms with van der Waals surface area (Å²) in [5, 5.41) is 3.45. The minimum absolute atomic E-state index is 0.215. The molecule has 1 aromatic heterocycles. The summed E-state index contributed by atoms with van der Waals surface area (Å²) in [5.41, 5.74) is 5.12. The summed E-state index contributed by atoms with van der Waals surface area (Å²) in [6.45, 7) is 2.12. The van der Waals surface area contributed by atoms with Crippen molar-refractivity contribution >= 4 is 39.9 Å². The van der Waals surface area contributed by atoms with E-state index in [0.717, 1.165) is 40.1 Å². The van der Waals surface area contributed by atoms with Gasteiger partial charge < -0.3 is 0 Å². The zero-order valence-corrected chi connectivity index (χ0v) is 20.7. The van der Waals surface area contributed by atoms with E-state index >= 15 is 0 Å². The molecule has 1 fully saturated rings. The minimum Gasteiger partial charge on any atom is -0.298 e. The monoisotopic (exact) mass is 495 g/mol. The van der Waals surface area contributed by atoms with Crippen LogP contribution in [0.15, 0.2) is 78.9 Å². The first kappa shape index (κ1) is 23.6. The molecular formula is C29H25N3O3S. The molecule has 1 saturated heterocycles. The number of imide groups is 1. The zero-order valence-electron chi connectivity index (χ0n) is 19.9. The molecule has 0 atom stereocenters. The molecule has 0 unspecified atom stereocenters. The van der Waals surface area contributed by atoms with Gasteiger partial charge in [0.15, 0.2) is 5.13 Å². The fourth-order valence-corrected chi connectivity index (χ4v) is 5.35. The average Bonchev–Trinajstić information content (AvgIpc) is 3.46. The normalized spacial score (nSPS) is 13.3. The standard InChI is InChI=1S/C29H25N3O3S/c1-2-6-24-27(21-11-9-20(10-12-21)19-7-4-3-5-8-19)30-29(36-24)31-28(35)22-13-15-23(16-14-22)32-25(33)17-18-26(32)34/h3-5,7-16H,2,6,17-18H2,1H3,(H,30,31,35). The van der Waals surface area contributed by atoms with Gasteiger partial charge in [0.25, 0.3) is 5.91 Å². The van der Waals surface area contributed by atoms with Gasteiger partial charge in [0.1, 0.15) is 0 Å². The summed E-state index contributed by atoms with van der Waals surface area (Å²) in [6.07, 6.45) is 2.29. The smallest absolute Gasteiger partial charge is 0.257 e. The molecule has 1 aliphatic heterocycles. The molecule has 1 N–H and O–H groups in total. The molecule has 0 radical (unpaired) electrons. The second kappa shape index (κ2) is 10.3. The first-order valence-corrected chi connectivity index (χ1v) is 12.8. The Morgan fingerprint density at radius 2 is 1.47 bits per heavy atom. The lowest BCUT2D eigenvalue weighted by Gasteiger charge is -2.13. The van der Waals surface area contributed by atoms with Crippen molar-refractivity contribution in [2.45, 2.75) is 32.6 Å². The number of benzene rings is 3. The van der Waals surface area contributed by atoms with Crippen LogP contribution < -0.4 is 10.2 Å². The minimum atomic E-state index is -0.289. The van der Waals surface area contributed by atoms with Gasteiger partial charge >= 0.3 is 0 Å². The van der Waals surface area contributed by atoms with Crippen molar-refractivity contribution in [3.63, 3.8) is 0 Å². The van der Waals surface area contributed by atoms with Crippen molar-refractivity contribution in [3.05, 3.63) is 89.3 Å². The molecule has 0 bridgehead atoms. The average molecular weight is 496 g/mol. The van der Waals surface area contributed by atoms with E-state index in [9.17, 15) is 14.4 Å². The van der Waals surface area contributed by atoms with E-state index in [4.69, 9.17) is 4.98 Å². The van der Waals surface area contributed by atoms with E-state index in [2.05, 4.69) is 48.6 Å². The predicted molar refractivity (Wildman–Crippen MR) is 143 cm³/mol. The van der Waals surface area contributed by atoms with Crippen molar-refractivity contribution in [1.29, 1.82) is 0 Å². The lowest BCUT2D eigenvalue weighted by Crippen LogP contribution is -2.28. The second-order valence-corrected chi connectivity index (χ2v) is 9.69. The Labute approximate surface area is 213 Å². The largest absolute Gasteiger partial charge is 0.298 e. The van der Waals surface area contributed by atoms with Crippen LogP contribution in [0.3, 0.4) is 0 Å². The number of anilines is 2. The maximum atomic E-state index is 12.9. The predicted octanol–water partition coefficient (Wildman–Crippen LogP) is 6.34. The highest BCUT2D eigenvalue weighted by molar-refractivity contribution is 7.16. The maximum absolute atomic E-state index is 12.9. The van der Waals surface area contributed by atoms with Gasteiger partial charge in [-0.05, 0) is 41.8 Å². The molecule has 3 aromatic carbocycles. The number of carbonyl (C=O) groups excluding carboxylic acids is 3. The highest BCUT2D eigenvalue weighted by atomic mass is 32.1. The van der Waals surface area contributed by atoms with Crippen molar-refractivity contribution in [3.8, 4) is 22.4 Å². The van der Waals surface area contributed by atoms with Crippen molar-refractivity contribution in [2.75, 3.05) is 10.2 Å². The van der Waals surface area contributed by atoms with E-state index in [0.29, 0.717) is 16.4 Å². The van der Waals surface area contributed by atoms with Gasteiger partial charge in [-0.15, -0.1) is 11.3 Å². The number of aryl methyl sites for hydroxylation is 1. The summed E-state index contributed by atoms with van der Waals surface area (Å²) in [7, 11) is 0. The molecular weight excluding hydrogens is 470 g/mol. The van der Waals surface area contributed by atoms with Crippen LogP contribution in [0.5, 0.6) is 0 Å². The van der Waals surface area contributed by atoms with Crippen molar-refractivity contribution < 1.29 is 14.4 Å². The zero-order chi connectivity index (χ0) is 25.1. The van der Waals surface area contributed by atoms with Gasteiger partial charge in [0.05, 0.1) is 11.4 Å². The fraction of sp³-hybridized carbons (Fsp3) is 0.172. The molecule has 6 nitrogen and oxygen atoms in total. The maximum Gasteiger partial charge on any atom is 0.257 e. The third-order valence-electron chi connectivity index (χ3n) is 6.10. The van der Waals surface area contributed by atoms with Gasteiger partial charge in [-0.25, -0.2) is 4.98 Å². The van der Waals surface area contributed by atoms with Gasteiger partial charge in [0.2, 0.25) is 11.8 Å². The Morgan fingerprint density at radius 3 is 2.11 bits per heavy atom. The summed E-state index contributed by atoms with van der Waals surface area (Å²) >= 11 is 1.49. The van der Waals surface area contributed by atoms with Gasteiger partial charge in [-0.3, -0.25) is 24.6 Å². The Kier molecular flexibility index (Phi) is 6.73. The van der Waals surface area contributed by atoms with Gasteiger partial charge in [-0.2, -0.15) is 0 Å². The van der Waals surface area contributed by atoms with Crippen LogP contribution in [0.4, 0.5) is 10.8 Å². The molecule has 180 valence electrons. The summed E-state index contributed by atoms with van der Waals surface area (Å²) in [5.74, 6) is -0.719. The van der Waals surface area contributed by atoms with E-state index in [1.54, 1.807) is 24.3 Å². The first-order valence-electron chi connectivity index (χ1n) is 12.0. The van der Waals surface area contributed by atoms with E-state index in [1.165, 1.54) is 16.2 Å². The van der Waals surface area contributed by atoms with Crippen LogP contribution in [0, 0.1) is 0 Å². The molecule has 36 heavy (non-hydrogen) atoms. The summed E-state index contributed by atoms with van der Waals surface area (Å²) < 4.78 is 0. The van der Waals surface area contributed by atoms with Crippen LogP contribution in [0.1, 0.15) is 41.4 Å². The van der Waals surface area contributed by atoms with Crippen LogP contribution in [-0.4, -0.2) is 22.7 Å². The van der Waals surface area contributed by atoms with E-state index < -0.39 is 0 Å². The fourth-order valence-electron chi connectivity index (χ4n) is 4.27. The Morgan fingerprint density at radius 1 is 0.861 bits per heavy atom. The topological polar surface area (TPSA) is 79.4 Å². The number of thiazole rings is 1. The number of nitrogens with one attached hydrogen (secondary N) is 1. The first-order chi connectivity index (χ1) is 17.5. The second-order valence-electron chi connectivity index (χ2n) is 8.61. The molecule has 4 aromatic rings. The number of rotatable bonds is 7. The van der Waals surface area contributed by atoms with Crippen molar-refractivity contribution in [2.24, 2.45) is 0 Å². The van der Waals surface area contributed by atoms with Crippen molar-refractivity contribution in [1.82, 2.24) is 4.98 Å². The number of amides is 3. The van der Waals surface area contributed by atoms with Crippen LogP contribution in [0.2, 0.25) is 0 Å². The molecule has 3 amide bonds. The molecule has 5 rings (SSSR count). The lowest BCUT2D eigenvalue weighted by molar-refractivity contribution is -0.121. The van der Waals surface area contributed by atoms with Crippen LogP contribution >= 0.6 is 11.3 Å². The summed E-state index contributed by atoms with van der Waals surface area (Å²) in [4.78, 5) is 43.9. The summed E-state index contributed by atoms with van der Waals surface area (Å²) in [6, 6.07) is 25.0. The lowest BCUT2D eigenvalue weighted by atomic mass is 10.0. The highest BCUT2D eigenvalue weighted by Gasteiger charge is 2.30. The van der Waals surface area contributed by atoms with E-state index in [-0.39, 0.29) is 30.6 Å². The molecule has 0 saturated carbocycles. The third kappa shape index (κ3) is 4.83. The SMILES string of the molecule is CCCc1sc(NC(=O)c2ccc(N3C(=O)CCC3=O)cc2)nc1-c1ccc(-c2ccccc2)cc1. The third-order valence-corrected chi connectivity index (χ3v) is 7.13. The Balaban J connectivity index is 1.34. The molecule has 1 aliphatic rings. The Hall–Kier alpha value is -4.10. The van der Waals surface area contributed by atoms with Crippen LogP contribution in [-0.2, 0) is 16.0 Å². The number of aromatic nitrogens is 1. The highest BCUT2D eigenvalue weighted by Crippen LogP contribution is 2.34. The molecule has 2 heterocycles. The number of nitrogens with zero attached hydrogens (tertiary/aromatic N) is 2. The number of hydrogen-bond donors (Lipinski definition) is 1. The van der Waals surface area contributed by atoms with E-state index in [1.807, 2.05) is 18.2 Å².